The SMILES string of the molecule is C1=CC(c2ccc(-n3c4ccccc4c4cc5c6ccccc6n(-c6ccccc6)c5cc43)cc2)=CN=C(c2ccccc2)C1. The van der Waals surface area contributed by atoms with E-state index in [1.54, 1.807) is 0 Å². The number of aliphatic imine (C=N–C) groups is 1. The van der Waals surface area contributed by atoms with Crippen molar-refractivity contribution in [3.05, 3.63) is 175 Å². The van der Waals surface area contributed by atoms with Gasteiger partial charge in [0.25, 0.3) is 0 Å². The van der Waals surface area contributed by atoms with E-state index >= 15 is 0 Å². The van der Waals surface area contributed by atoms with Crippen LogP contribution < -0.4 is 0 Å². The van der Waals surface area contributed by atoms with Gasteiger partial charge in [-0.1, -0.05) is 109 Å². The molecule has 0 saturated carbocycles. The van der Waals surface area contributed by atoms with Gasteiger partial charge in [-0.15, -0.1) is 0 Å². The Kier molecular flexibility index (Phi) is 5.88. The Bertz CT molecular complexity index is 2470. The van der Waals surface area contributed by atoms with Crippen molar-refractivity contribution in [3.8, 4) is 11.4 Å². The number of benzene rings is 6. The number of allylic oxidation sites excluding steroid dienone is 3. The van der Waals surface area contributed by atoms with Crippen molar-refractivity contribution < 1.29 is 0 Å². The molecule has 3 nitrogen and oxygen atoms in total. The predicted octanol–water partition coefficient (Wildman–Crippen LogP) is 10.7. The lowest BCUT2D eigenvalue weighted by molar-refractivity contribution is 1.16. The average molecular weight is 576 g/mol. The molecule has 45 heavy (non-hydrogen) atoms. The third-order valence-electron chi connectivity index (χ3n) is 9.01. The normalized spacial score (nSPS) is 13.4. The number of para-hydroxylation sites is 3. The number of hydrogen-bond acceptors (Lipinski definition) is 1. The Labute approximate surface area is 261 Å². The van der Waals surface area contributed by atoms with Crippen molar-refractivity contribution in [1.82, 2.24) is 9.13 Å². The zero-order chi connectivity index (χ0) is 29.7. The van der Waals surface area contributed by atoms with E-state index in [1.807, 2.05) is 12.3 Å². The van der Waals surface area contributed by atoms with Gasteiger partial charge in [0.2, 0.25) is 0 Å². The molecule has 1 aliphatic rings. The molecule has 0 unspecified atom stereocenters. The quantitative estimate of drug-likeness (QED) is 0.199. The van der Waals surface area contributed by atoms with Crippen molar-refractivity contribution in [3.63, 3.8) is 0 Å². The molecular weight excluding hydrogens is 546 g/mol. The number of rotatable bonds is 4. The van der Waals surface area contributed by atoms with Gasteiger partial charge in [-0.3, -0.25) is 4.99 Å². The molecule has 0 fully saturated rings. The Morgan fingerprint density at radius 3 is 1.64 bits per heavy atom. The highest BCUT2D eigenvalue weighted by Gasteiger charge is 2.18. The second-order valence-corrected chi connectivity index (χ2v) is 11.6. The van der Waals surface area contributed by atoms with E-state index in [1.165, 1.54) is 49.2 Å². The fourth-order valence-electron chi connectivity index (χ4n) is 6.90. The van der Waals surface area contributed by atoms with E-state index < -0.39 is 0 Å². The van der Waals surface area contributed by atoms with Crippen LogP contribution in [0.5, 0.6) is 0 Å². The molecule has 0 N–H and O–H groups in total. The van der Waals surface area contributed by atoms with E-state index in [9.17, 15) is 0 Å². The zero-order valence-electron chi connectivity index (χ0n) is 24.6. The van der Waals surface area contributed by atoms with Gasteiger partial charge < -0.3 is 9.13 Å². The van der Waals surface area contributed by atoms with E-state index in [-0.39, 0.29) is 0 Å². The summed E-state index contributed by atoms with van der Waals surface area (Å²) in [5.74, 6) is 0. The van der Waals surface area contributed by atoms with E-state index in [2.05, 4.69) is 161 Å². The van der Waals surface area contributed by atoms with Gasteiger partial charge in [0.15, 0.2) is 0 Å². The summed E-state index contributed by atoms with van der Waals surface area (Å²) in [7, 11) is 0. The third-order valence-corrected chi connectivity index (χ3v) is 9.01. The summed E-state index contributed by atoms with van der Waals surface area (Å²) < 4.78 is 4.80. The summed E-state index contributed by atoms with van der Waals surface area (Å²) in [5.41, 5.74) is 11.6. The standard InChI is InChI=1S/C42H29N3/c1-3-12-30(13-4-1)38-19-11-14-31(28-43-38)29-22-24-33(25-23-29)45-40-21-10-8-18-35(40)37-26-36-34-17-7-9-20-39(34)44(41(36)27-42(37)45)32-15-5-2-6-16-32/h1-18,20-28H,19H2. The fourth-order valence-corrected chi connectivity index (χ4v) is 6.90. The lowest BCUT2D eigenvalue weighted by atomic mass is 10.0. The van der Waals surface area contributed by atoms with Crippen molar-refractivity contribution in [2.45, 2.75) is 6.42 Å². The number of fused-ring (bicyclic) bond motifs is 6. The molecular formula is C42H29N3. The van der Waals surface area contributed by atoms with Gasteiger partial charge >= 0.3 is 0 Å². The van der Waals surface area contributed by atoms with E-state index in [0.29, 0.717) is 0 Å². The monoisotopic (exact) mass is 575 g/mol. The maximum Gasteiger partial charge on any atom is 0.0562 e. The second-order valence-electron chi connectivity index (χ2n) is 11.6. The molecule has 6 aromatic carbocycles. The second kappa shape index (κ2) is 10.4. The van der Waals surface area contributed by atoms with Crippen molar-refractivity contribution in [2.75, 3.05) is 0 Å². The predicted molar refractivity (Wildman–Crippen MR) is 190 cm³/mol. The molecule has 1 aliphatic heterocycles. The van der Waals surface area contributed by atoms with Gasteiger partial charge in [-0.05, 0) is 65.2 Å². The Hall–Kier alpha value is -5.93. The minimum atomic E-state index is 0.817. The molecule has 212 valence electrons. The summed E-state index contributed by atoms with van der Waals surface area (Å²) in [6, 6.07) is 52.3. The zero-order valence-corrected chi connectivity index (χ0v) is 24.6. The van der Waals surface area contributed by atoms with Crippen LogP contribution in [0.4, 0.5) is 0 Å². The molecule has 0 aliphatic carbocycles. The van der Waals surface area contributed by atoms with Crippen LogP contribution in [0.15, 0.2) is 169 Å². The van der Waals surface area contributed by atoms with Crippen LogP contribution in [0.1, 0.15) is 17.5 Å². The van der Waals surface area contributed by atoms with Crippen molar-refractivity contribution in [1.29, 1.82) is 0 Å². The van der Waals surface area contributed by atoms with Crippen molar-refractivity contribution in [2.24, 2.45) is 4.99 Å². The summed E-state index contributed by atoms with van der Waals surface area (Å²) >= 11 is 0. The van der Waals surface area contributed by atoms with Crippen molar-refractivity contribution >= 4 is 54.9 Å². The van der Waals surface area contributed by atoms with Gasteiger partial charge in [0, 0.05) is 45.5 Å². The average Bonchev–Trinajstić information content (AvgIpc) is 3.47. The lowest BCUT2D eigenvalue weighted by Crippen LogP contribution is -1.97. The maximum absolute atomic E-state index is 4.87. The number of hydrogen-bond donors (Lipinski definition) is 0. The van der Waals surface area contributed by atoms with Gasteiger partial charge in [-0.2, -0.15) is 0 Å². The first kappa shape index (κ1) is 25.6. The molecule has 0 spiro atoms. The first-order valence-corrected chi connectivity index (χ1v) is 15.4. The first-order chi connectivity index (χ1) is 22.3. The lowest BCUT2D eigenvalue weighted by Gasteiger charge is -2.11. The highest BCUT2D eigenvalue weighted by atomic mass is 15.0. The van der Waals surface area contributed by atoms with Gasteiger partial charge in [0.05, 0.1) is 27.8 Å². The Morgan fingerprint density at radius 2 is 1.00 bits per heavy atom. The molecule has 2 aromatic heterocycles. The van der Waals surface area contributed by atoms with Crippen LogP contribution in [-0.2, 0) is 0 Å². The first-order valence-electron chi connectivity index (χ1n) is 15.4. The number of nitrogens with zero attached hydrogens (tertiary/aromatic N) is 3. The molecule has 0 bridgehead atoms. The number of aromatic nitrogens is 2. The highest BCUT2D eigenvalue weighted by molar-refractivity contribution is 6.19. The maximum atomic E-state index is 4.87. The molecule has 3 heterocycles. The summed E-state index contributed by atoms with van der Waals surface area (Å²) in [6.45, 7) is 0. The largest absolute Gasteiger partial charge is 0.309 e. The summed E-state index contributed by atoms with van der Waals surface area (Å²) in [4.78, 5) is 4.87. The molecule has 0 radical (unpaired) electrons. The van der Waals surface area contributed by atoms with Gasteiger partial charge in [0.1, 0.15) is 0 Å². The van der Waals surface area contributed by atoms with Crippen LogP contribution in [-0.4, -0.2) is 14.8 Å². The van der Waals surface area contributed by atoms with Crippen LogP contribution in [0.2, 0.25) is 0 Å². The highest BCUT2D eigenvalue weighted by Crippen LogP contribution is 2.39. The molecule has 0 atom stereocenters. The van der Waals surface area contributed by atoms with Crippen LogP contribution >= 0.6 is 0 Å². The molecule has 0 amide bonds. The molecule has 9 rings (SSSR count). The van der Waals surface area contributed by atoms with Crippen LogP contribution in [0, 0.1) is 0 Å². The summed E-state index contributed by atoms with van der Waals surface area (Å²) in [5, 5.41) is 5.05. The Balaban J connectivity index is 1.22. The molecule has 3 heteroatoms. The Morgan fingerprint density at radius 1 is 0.444 bits per heavy atom. The van der Waals surface area contributed by atoms with Crippen LogP contribution in [0.3, 0.4) is 0 Å². The third kappa shape index (κ3) is 4.16. The minimum Gasteiger partial charge on any atom is -0.309 e. The van der Waals surface area contributed by atoms with Gasteiger partial charge in [-0.25, -0.2) is 0 Å². The molecule has 0 saturated heterocycles. The topological polar surface area (TPSA) is 22.2 Å². The fraction of sp³-hybridized carbons (Fsp3) is 0.0238. The van der Waals surface area contributed by atoms with E-state index in [0.717, 1.165) is 34.6 Å². The summed E-state index contributed by atoms with van der Waals surface area (Å²) in [6.07, 6.45) is 7.22. The van der Waals surface area contributed by atoms with Crippen LogP contribution in [0.25, 0.3) is 60.6 Å². The minimum absolute atomic E-state index is 0.817. The molecule has 8 aromatic rings. The smallest absolute Gasteiger partial charge is 0.0562 e. The van der Waals surface area contributed by atoms with E-state index in [4.69, 9.17) is 4.99 Å².